The number of benzene rings is 2. The number of hydrogen-bond acceptors (Lipinski definition) is 6. The molecule has 0 bridgehead atoms. The molecule has 1 aromatic heterocycles. The lowest BCUT2D eigenvalue weighted by Crippen LogP contribution is -2.17. The molecule has 0 saturated carbocycles. The Morgan fingerprint density at radius 3 is 2.61 bits per heavy atom. The van der Waals surface area contributed by atoms with Crippen LogP contribution in [0.3, 0.4) is 0 Å². The number of carbonyl (C=O) groups excluding carboxylic acids is 1. The zero-order valence-electron chi connectivity index (χ0n) is 15.3. The van der Waals surface area contributed by atoms with E-state index in [1.807, 2.05) is 30.3 Å². The summed E-state index contributed by atoms with van der Waals surface area (Å²) in [6.45, 7) is 1.04. The van der Waals surface area contributed by atoms with Crippen molar-refractivity contribution in [2.24, 2.45) is 0 Å². The molecule has 140 valence electrons. The van der Waals surface area contributed by atoms with Crippen molar-refractivity contribution in [1.29, 1.82) is 5.26 Å². The van der Waals surface area contributed by atoms with Crippen LogP contribution in [-0.2, 0) is 4.74 Å². The first-order valence-corrected chi connectivity index (χ1v) is 8.69. The highest BCUT2D eigenvalue weighted by Gasteiger charge is 2.14. The quantitative estimate of drug-likeness (QED) is 0.616. The number of anilines is 2. The van der Waals surface area contributed by atoms with Crippen LogP contribution in [0.2, 0.25) is 0 Å². The summed E-state index contributed by atoms with van der Waals surface area (Å²) < 4.78 is 5.04. The summed E-state index contributed by atoms with van der Waals surface area (Å²) >= 11 is 0. The fraction of sp³-hybridized carbons (Fsp3) is 0.143. The lowest BCUT2D eigenvalue weighted by Gasteiger charge is -2.11. The fourth-order valence-corrected chi connectivity index (χ4v) is 2.53. The maximum absolute atomic E-state index is 12.8. The number of nitrogens with one attached hydrogen (secondary N) is 2. The first kappa shape index (κ1) is 19.0. The molecule has 2 N–H and O–H groups in total. The Balaban J connectivity index is 1.93. The predicted molar refractivity (Wildman–Crippen MR) is 107 cm³/mol. The summed E-state index contributed by atoms with van der Waals surface area (Å²) in [6.07, 6.45) is 0. The van der Waals surface area contributed by atoms with Crippen LogP contribution < -0.4 is 10.6 Å². The van der Waals surface area contributed by atoms with E-state index in [0.717, 1.165) is 5.56 Å². The van der Waals surface area contributed by atoms with Gasteiger partial charge in [0.05, 0.1) is 17.9 Å². The van der Waals surface area contributed by atoms with Gasteiger partial charge in [0.15, 0.2) is 5.82 Å². The number of nitriles is 1. The lowest BCUT2D eigenvalue weighted by atomic mass is 10.2. The van der Waals surface area contributed by atoms with Crippen molar-refractivity contribution in [2.45, 2.75) is 0 Å². The van der Waals surface area contributed by atoms with E-state index in [0.29, 0.717) is 36.0 Å². The van der Waals surface area contributed by atoms with Gasteiger partial charge in [-0.1, -0.05) is 42.5 Å². The maximum Gasteiger partial charge on any atom is 0.274 e. The largest absolute Gasteiger partial charge is 0.383 e. The summed E-state index contributed by atoms with van der Waals surface area (Å²) in [5.74, 6) is 0.531. The van der Waals surface area contributed by atoms with Crippen molar-refractivity contribution in [2.75, 3.05) is 30.9 Å². The molecular weight excluding hydrogens is 354 g/mol. The van der Waals surface area contributed by atoms with Crippen molar-refractivity contribution in [3.05, 3.63) is 71.9 Å². The molecular formula is C21H19N5O2. The minimum atomic E-state index is -0.419. The summed E-state index contributed by atoms with van der Waals surface area (Å²) in [4.78, 5) is 21.7. The number of nitrogens with zero attached hydrogens (tertiary/aromatic N) is 3. The van der Waals surface area contributed by atoms with E-state index in [4.69, 9.17) is 4.74 Å². The second-order valence-corrected chi connectivity index (χ2v) is 5.86. The van der Waals surface area contributed by atoms with Crippen LogP contribution in [-0.4, -0.2) is 36.1 Å². The molecule has 0 fully saturated rings. The highest BCUT2D eigenvalue weighted by molar-refractivity contribution is 6.04. The summed E-state index contributed by atoms with van der Waals surface area (Å²) in [7, 11) is 1.61. The number of methoxy groups -OCH3 is 1. The molecule has 7 nitrogen and oxygen atoms in total. The predicted octanol–water partition coefficient (Wildman–Crippen LogP) is 3.33. The minimum Gasteiger partial charge on any atom is -0.383 e. The van der Waals surface area contributed by atoms with Crippen LogP contribution in [0.15, 0.2) is 60.7 Å². The van der Waals surface area contributed by atoms with E-state index in [1.165, 1.54) is 0 Å². The molecule has 3 rings (SSSR count). The van der Waals surface area contributed by atoms with E-state index in [9.17, 15) is 10.1 Å². The number of aromatic nitrogens is 2. The van der Waals surface area contributed by atoms with Gasteiger partial charge in [-0.2, -0.15) is 5.26 Å². The van der Waals surface area contributed by atoms with Crippen LogP contribution in [0.25, 0.3) is 11.4 Å². The molecule has 0 radical (unpaired) electrons. The average Bonchev–Trinajstić information content (AvgIpc) is 2.74. The van der Waals surface area contributed by atoms with Crippen LogP contribution >= 0.6 is 0 Å². The molecule has 0 atom stereocenters. The Hall–Kier alpha value is -3.76. The van der Waals surface area contributed by atoms with Gasteiger partial charge >= 0.3 is 0 Å². The van der Waals surface area contributed by atoms with Gasteiger partial charge in [0.25, 0.3) is 5.91 Å². The van der Waals surface area contributed by atoms with Gasteiger partial charge < -0.3 is 15.4 Å². The standard InChI is InChI=1S/C21H19N5O2/c1-28-12-11-23-19-13-18(24-20(26-19)15-7-3-2-4-8-15)21(27)25-17-10-6-5-9-16(17)14-22/h2-10,13H,11-12H2,1H3,(H,25,27)(H,23,24,26). The summed E-state index contributed by atoms with van der Waals surface area (Å²) in [5.41, 5.74) is 1.81. The van der Waals surface area contributed by atoms with E-state index >= 15 is 0 Å². The molecule has 1 heterocycles. The number of ether oxygens (including phenoxy) is 1. The van der Waals surface area contributed by atoms with Crippen molar-refractivity contribution in [3.8, 4) is 17.5 Å². The van der Waals surface area contributed by atoms with Crippen LogP contribution in [0, 0.1) is 11.3 Å². The Bertz CT molecular complexity index is 999. The van der Waals surface area contributed by atoms with Gasteiger partial charge in [-0.05, 0) is 12.1 Å². The highest BCUT2D eigenvalue weighted by atomic mass is 16.5. The monoisotopic (exact) mass is 373 g/mol. The van der Waals surface area contributed by atoms with Gasteiger partial charge in [0.1, 0.15) is 17.6 Å². The van der Waals surface area contributed by atoms with Crippen LogP contribution in [0.1, 0.15) is 16.1 Å². The minimum absolute atomic E-state index is 0.196. The number of carbonyl (C=O) groups is 1. The summed E-state index contributed by atoms with van der Waals surface area (Å²) in [6, 6.07) is 19.9. The third-order valence-electron chi connectivity index (χ3n) is 3.90. The number of amides is 1. The number of rotatable bonds is 7. The summed E-state index contributed by atoms with van der Waals surface area (Å²) in [5, 5.41) is 15.1. The Morgan fingerprint density at radius 1 is 1.11 bits per heavy atom. The van der Waals surface area contributed by atoms with Crippen molar-refractivity contribution in [1.82, 2.24) is 9.97 Å². The molecule has 28 heavy (non-hydrogen) atoms. The fourth-order valence-electron chi connectivity index (χ4n) is 2.53. The van der Waals surface area contributed by atoms with Gasteiger partial charge in [0.2, 0.25) is 0 Å². The normalized spacial score (nSPS) is 10.1. The molecule has 3 aromatic rings. The molecule has 7 heteroatoms. The van der Waals surface area contributed by atoms with Crippen LogP contribution in [0.5, 0.6) is 0 Å². The Labute approximate surface area is 163 Å². The van der Waals surface area contributed by atoms with Gasteiger partial charge in [0, 0.05) is 25.3 Å². The third kappa shape index (κ3) is 4.69. The molecule has 0 saturated heterocycles. The molecule has 0 aliphatic carbocycles. The zero-order valence-corrected chi connectivity index (χ0v) is 15.3. The topological polar surface area (TPSA) is 99.9 Å². The van der Waals surface area contributed by atoms with E-state index in [2.05, 4.69) is 26.7 Å². The third-order valence-corrected chi connectivity index (χ3v) is 3.90. The van der Waals surface area contributed by atoms with Crippen LogP contribution in [0.4, 0.5) is 11.5 Å². The van der Waals surface area contributed by atoms with E-state index in [-0.39, 0.29) is 5.69 Å². The SMILES string of the molecule is COCCNc1cc(C(=O)Nc2ccccc2C#N)nc(-c2ccccc2)n1. The van der Waals surface area contributed by atoms with Gasteiger partial charge in [-0.25, -0.2) is 9.97 Å². The second-order valence-electron chi connectivity index (χ2n) is 5.86. The second kappa shape index (κ2) is 9.26. The molecule has 0 aliphatic rings. The van der Waals surface area contributed by atoms with E-state index in [1.54, 1.807) is 37.4 Å². The average molecular weight is 373 g/mol. The molecule has 2 aromatic carbocycles. The first-order valence-electron chi connectivity index (χ1n) is 8.69. The van der Waals surface area contributed by atoms with Crippen molar-refractivity contribution < 1.29 is 9.53 Å². The Morgan fingerprint density at radius 2 is 1.86 bits per heavy atom. The first-order chi connectivity index (χ1) is 13.7. The molecule has 0 aliphatic heterocycles. The van der Waals surface area contributed by atoms with Crippen molar-refractivity contribution >= 4 is 17.4 Å². The molecule has 0 unspecified atom stereocenters. The molecule has 0 spiro atoms. The number of hydrogen-bond donors (Lipinski definition) is 2. The van der Waals surface area contributed by atoms with E-state index < -0.39 is 5.91 Å². The van der Waals surface area contributed by atoms with Gasteiger partial charge in [-0.3, -0.25) is 4.79 Å². The lowest BCUT2D eigenvalue weighted by molar-refractivity contribution is 0.102. The van der Waals surface area contributed by atoms with Gasteiger partial charge in [-0.15, -0.1) is 0 Å². The smallest absolute Gasteiger partial charge is 0.274 e. The highest BCUT2D eigenvalue weighted by Crippen LogP contribution is 2.19. The Kier molecular flexibility index (Phi) is 6.29. The maximum atomic E-state index is 12.8. The number of para-hydroxylation sites is 1. The zero-order chi connectivity index (χ0) is 19.8. The van der Waals surface area contributed by atoms with Crippen molar-refractivity contribution in [3.63, 3.8) is 0 Å². The molecule has 1 amide bonds.